The molecule has 26 heavy (non-hydrogen) atoms. The van der Waals surface area contributed by atoms with E-state index in [1.165, 1.54) is 12.8 Å². The summed E-state index contributed by atoms with van der Waals surface area (Å²) in [6.45, 7) is 1.20. The van der Waals surface area contributed by atoms with Crippen molar-refractivity contribution in [1.82, 2.24) is 10.3 Å². The molecule has 2 aromatic rings. The van der Waals surface area contributed by atoms with Crippen molar-refractivity contribution < 1.29 is 14.3 Å². The second kappa shape index (κ2) is 8.90. The molecule has 3 rings (SSSR count). The van der Waals surface area contributed by atoms with Crippen LogP contribution in [-0.2, 0) is 17.8 Å². The SMILES string of the molecule is COc1ccc(CCC(=O)NCc2ccc(OCC3CC3)nc2)cc1Cl. The minimum atomic E-state index is -0.00833. The number of hydrogen-bond acceptors (Lipinski definition) is 4. The van der Waals surface area contributed by atoms with Crippen LogP contribution in [-0.4, -0.2) is 24.6 Å². The summed E-state index contributed by atoms with van der Waals surface area (Å²) in [6.07, 6.45) is 5.28. The van der Waals surface area contributed by atoms with Crippen molar-refractivity contribution in [3.8, 4) is 11.6 Å². The highest BCUT2D eigenvalue weighted by atomic mass is 35.5. The Morgan fingerprint density at radius 3 is 2.73 bits per heavy atom. The average molecular weight is 375 g/mol. The summed E-state index contributed by atoms with van der Waals surface area (Å²) < 4.78 is 10.7. The fourth-order valence-electron chi connectivity index (χ4n) is 2.50. The van der Waals surface area contributed by atoms with Crippen LogP contribution < -0.4 is 14.8 Å². The van der Waals surface area contributed by atoms with Gasteiger partial charge in [-0.1, -0.05) is 23.7 Å². The fourth-order valence-corrected chi connectivity index (χ4v) is 2.78. The molecule has 1 fully saturated rings. The highest BCUT2D eigenvalue weighted by Crippen LogP contribution is 2.29. The predicted octanol–water partition coefficient (Wildman–Crippen LogP) is 3.78. The van der Waals surface area contributed by atoms with Gasteiger partial charge in [0.1, 0.15) is 5.75 Å². The predicted molar refractivity (Wildman–Crippen MR) is 101 cm³/mol. The molecule has 1 N–H and O–H groups in total. The van der Waals surface area contributed by atoms with Crippen molar-refractivity contribution in [1.29, 1.82) is 0 Å². The van der Waals surface area contributed by atoms with Gasteiger partial charge in [-0.05, 0) is 48.4 Å². The monoisotopic (exact) mass is 374 g/mol. The van der Waals surface area contributed by atoms with E-state index in [1.54, 1.807) is 13.3 Å². The quantitative estimate of drug-likeness (QED) is 0.725. The number of halogens is 1. The number of amides is 1. The molecule has 138 valence electrons. The van der Waals surface area contributed by atoms with Crippen molar-refractivity contribution in [2.75, 3.05) is 13.7 Å². The average Bonchev–Trinajstić information content (AvgIpc) is 3.48. The zero-order chi connectivity index (χ0) is 18.4. The first-order valence-corrected chi connectivity index (χ1v) is 9.18. The Bertz CT molecular complexity index is 745. The number of rotatable bonds is 9. The van der Waals surface area contributed by atoms with E-state index in [0.717, 1.165) is 17.7 Å². The Labute approximate surface area is 158 Å². The van der Waals surface area contributed by atoms with Crippen LogP contribution in [0, 0.1) is 5.92 Å². The molecule has 0 radical (unpaired) electrons. The van der Waals surface area contributed by atoms with Gasteiger partial charge in [0, 0.05) is 25.2 Å². The lowest BCUT2D eigenvalue weighted by molar-refractivity contribution is -0.121. The van der Waals surface area contributed by atoms with Crippen LogP contribution in [0.15, 0.2) is 36.5 Å². The summed E-state index contributed by atoms with van der Waals surface area (Å²) in [5.74, 6) is 1.97. The maximum absolute atomic E-state index is 12.0. The molecular weight excluding hydrogens is 352 g/mol. The van der Waals surface area contributed by atoms with Crippen molar-refractivity contribution >= 4 is 17.5 Å². The normalized spacial score (nSPS) is 13.3. The molecule has 1 amide bonds. The highest BCUT2D eigenvalue weighted by molar-refractivity contribution is 6.32. The Morgan fingerprint density at radius 2 is 2.08 bits per heavy atom. The Balaban J connectivity index is 1.39. The molecule has 0 spiro atoms. The van der Waals surface area contributed by atoms with Gasteiger partial charge in [-0.2, -0.15) is 0 Å². The maximum atomic E-state index is 12.0. The molecule has 0 aliphatic heterocycles. The van der Waals surface area contributed by atoms with Gasteiger partial charge in [0.15, 0.2) is 0 Å². The topological polar surface area (TPSA) is 60.5 Å². The molecule has 6 heteroatoms. The third-order valence-electron chi connectivity index (χ3n) is 4.31. The number of carbonyl (C=O) groups excluding carboxylic acids is 1. The molecule has 1 aromatic carbocycles. The smallest absolute Gasteiger partial charge is 0.220 e. The molecule has 0 bridgehead atoms. The van der Waals surface area contributed by atoms with Gasteiger partial charge in [0.2, 0.25) is 11.8 Å². The number of ether oxygens (including phenoxy) is 2. The Hall–Kier alpha value is -2.27. The number of nitrogens with one attached hydrogen (secondary N) is 1. The van der Waals surface area contributed by atoms with Crippen LogP contribution in [0.1, 0.15) is 30.4 Å². The summed E-state index contributed by atoms with van der Waals surface area (Å²) in [6, 6.07) is 9.34. The molecule has 1 aromatic heterocycles. The maximum Gasteiger partial charge on any atom is 0.220 e. The lowest BCUT2D eigenvalue weighted by Gasteiger charge is -2.08. The largest absolute Gasteiger partial charge is 0.495 e. The van der Waals surface area contributed by atoms with E-state index in [4.69, 9.17) is 21.1 Å². The number of aryl methyl sites for hydroxylation is 1. The van der Waals surface area contributed by atoms with Gasteiger partial charge < -0.3 is 14.8 Å². The zero-order valence-electron chi connectivity index (χ0n) is 14.8. The Morgan fingerprint density at radius 1 is 1.27 bits per heavy atom. The minimum absolute atomic E-state index is 0.00833. The van der Waals surface area contributed by atoms with Crippen molar-refractivity contribution in [2.24, 2.45) is 5.92 Å². The number of nitrogens with zero attached hydrogens (tertiary/aromatic N) is 1. The van der Waals surface area contributed by atoms with E-state index in [1.807, 2.05) is 30.3 Å². The van der Waals surface area contributed by atoms with Gasteiger partial charge in [0.25, 0.3) is 0 Å². The molecule has 1 saturated carbocycles. The molecule has 5 nitrogen and oxygen atoms in total. The molecule has 0 saturated heterocycles. The number of hydrogen-bond donors (Lipinski definition) is 1. The first kappa shape index (κ1) is 18.5. The molecular formula is C20H23ClN2O3. The second-order valence-electron chi connectivity index (χ2n) is 6.50. The van der Waals surface area contributed by atoms with Crippen LogP contribution in [0.2, 0.25) is 5.02 Å². The Kier molecular flexibility index (Phi) is 6.34. The first-order chi connectivity index (χ1) is 12.6. The van der Waals surface area contributed by atoms with E-state index in [2.05, 4.69) is 10.3 Å². The van der Waals surface area contributed by atoms with E-state index in [0.29, 0.717) is 42.0 Å². The molecule has 0 atom stereocenters. The third kappa shape index (κ3) is 5.63. The number of aromatic nitrogens is 1. The van der Waals surface area contributed by atoms with Gasteiger partial charge >= 0.3 is 0 Å². The van der Waals surface area contributed by atoms with Crippen LogP contribution >= 0.6 is 11.6 Å². The van der Waals surface area contributed by atoms with Gasteiger partial charge in [0.05, 0.1) is 18.7 Å². The van der Waals surface area contributed by atoms with Crippen molar-refractivity contribution in [3.63, 3.8) is 0 Å². The van der Waals surface area contributed by atoms with Crippen LogP contribution in [0.25, 0.3) is 0 Å². The van der Waals surface area contributed by atoms with E-state index < -0.39 is 0 Å². The van der Waals surface area contributed by atoms with Gasteiger partial charge in [-0.15, -0.1) is 0 Å². The number of carbonyl (C=O) groups is 1. The van der Waals surface area contributed by atoms with Gasteiger partial charge in [-0.25, -0.2) is 4.98 Å². The summed E-state index contributed by atoms with van der Waals surface area (Å²) in [7, 11) is 1.58. The summed E-state index contributed by atoms with van der Waals surface area (Å²) in [5, 5.41) is 3.46. The number of benzene rings is 1. The highest BCUT2D eigenvalue weighted by Gasteiger charge is 2.22. The van der Waals surface area contributed by atoms with E-state index >= 15 is 0 Å². The standard InChI is InChI=1S/C20H23ClN2O3/c1-25-18-7-4-14(10-17(18)21)5-8-19(24)22-11-16-6-9-20(23-12-16)26-13-15-2-3-15/h4,6-7,9-10,12,15H,2-3,5,8,11,13H2,1H3,(H,22,24). The number of methoxy groups -OCH3 is 1. The lowest BCUT2D eigenvalue weighted by atomic mass is 10.1. The zero-order valence-corrected chi connectivity index (χ0v) is 15.6. The van der Waals surface area contributed by atoms with E-state index in [-0.39, 0.29) is 5.91 Å². The minimum Gasteiger partial charge on any atom is -0.495 e. The molecule has 1 heterocycles. The third-order valence-corrected chi connectivity index (χ3v) is 4.60. The van der Waals surface area contributed by atoms with Gasteiger partial charge in [-0.3, -0.25) is 4.79 Å². The fraction of sp³-hybridized carbons (Fsp3) is 0.400. The van der Waals surface area contributed by atoms with E-state index in [9.17, 15) is 4.79 Å². The molecule has 1 aliphatic rings. The van der Waals surface area contributed by atoms with Crippen LogP contribution in [0.4, 0.5) is 0 Å². The summed E-state index contributed by atoms with van der Waals surface area (Å²) >= 11 is 6.10. The lowest BCUT2D eigenvalue weighted by Crippen LogP contribution is -2.23. The summed E-state index contributed by atoms with van der Waals surface area (Å²) in [4.78, 5) is 16.3. The first-order valence-electron chi connectivity index (χ1n) is 8.81. The molecule has 1 aliphatic carbocycles. The molecule has 0 unspecified atom stereocenters. The van der Waals surface area contributed by atoms with Crippen molar-refractivity contribution in [3.05, 3.63) is 52.7 Å². The van der Waals surface area contributed by atoms with Crippen LogP contribution in [0.5, 0.6) is 11.6 Å². The number of pyridine rings is 1. The van der Waals surface area contributed by atoms with Crippen LogP contribution in [0.3, 0.4) is 0 Å². The summed E-state index contributed by atoms with van der Waals surface area (Å²) in [5.41, 5.74) is 1.95. The second-order valence-corrected chi connectivity index (χ2v) is 6.91. The van der Waals surface area contributed by atoms with Crippen molar-refractivity contribution in [2.45, 2.75) is 32.2 Å².